The van der Waals surface area contributed by atoms with Crippen LogP contribution in [0, 0.1) is 5.92 Å². The van der Waals surface area contributed by atoms with Crippen molar-refractivity contribution in [2.24, 2.45) is 5.92 Å². The maximum atomic E-state index is 12.2. The molecule has 7 heteroatoms. The molecule has 0 aliphatic carbocycles. The maximum absolute atomic E-state index is 12.2. The van der Waals surface area contributed by atoms with Gasteiger partial charge >= 0.3 is 11.9 Å². The van der Waals surface area contributed by atoms with Crippen LogP contribution in [0.3, 0.4) is 0 Å². The van der Waals surface area contributed by atoms with Gasteiger partial charge < -0.3 is 19.7 Å². The van der Waals surface area contributed by atoms with Crippen LogP contribution in [0.5, 0.6) is 0 Å². The lowest BCUT2D eigenvalue weighted by molar-refractivity contribution is -0.150. The van der Waals surface area contributed by atoms with Gasteiger partial charge in [-0.15, -0.1) is 0 Å². The lowest BCUT2D eigenvalue weighted by atomic mass is 9.93. The first kappa shape index (κ1) is 34.0. The monoisotopic (exact) mass is 606 g/mol. The first-order valence-electron chi connectivity index (χ1n) is 15.0. The summed E-state index contributed by atoms with van der Waals surface area (Å²) in [6.07, 6.45) is 5.74. The third-order valence-corrected chi connectivity index (χ3v) is 7.94. The second-order valence-corrected chi connectivity index (χ2v) is 11.3. The molecule has 0 saturated heterocycles. The number of rotatable bonds is 16. The molecule has 0 bridgehead atoms. The zero-order chi connectivity index (χ0) is 31.4. The topological polar surface area (TPSA) is 93.1 Å². The van der Waals surface area contributed by atoms with Crippen LogP contribution in [0.25, 0.3) is 22.3 Å². The molecular weight excluding hydrogens is 564 g/mol. The molecule has 0 aliphatic heterocycles. The third kappa shape index (κ3) is 9.52. The van der Waals surface area contributed by atoms with Gasteiger partial charge in [0.15, 0.2) is 0 Å². The van der Waals surface area contributed by atoms with Gasteiger partial charge in [-0.05, 0) is 65.6 Å². The SMILES string of the molecule is C=C(CO)C(=O)OCC(COC(=O)C(C)CO)c1ccc(-c2ccc(-c3ccc(CCCCC)c(CC)c3)c(Cl)c2)cc1. The summed E-state index contributed by atoms with van der Waals surface area (Å²) in [5, 5.41) is 19.1. The molecule has 43 heavy (non-hydrogen) atoms. The van der Waals surface area contributed by atoms with Crippen LogP contribution in [0.2, 0.25) is 5.02 Å². The van der Waals surface area contributed by atoms with E-state index in [1.54, 1.807) is 6.92 Å². The number of ether oxygens (including phenoxy) is 2. The molecule has 2 unspecified atom stereocenters. The van der Waals surface area contributed by atoms with E-state index in [9.17, 15) is 14.7 Å². The average molecular weight is 607 g/mol. The number of aliphatic hydroxyl groups excluding tert-OH is 2. The van der Waals surface area contributed by atoms with E-state index in [0.29, 0.717) is 5.02 Å². The number of aliphatic hydroxyl groups is 2. The van der Waals surface area contributed by atoms with Crippen molar-refractivity contribution in [3.8, 4) is 22.3 Å². The van der Waals surface area contributed by atoms with Gasteiger partial charge in [0, 0.05) is 10.6 Å². The van der Waals surface area contributed by atoms with Crippen molar-refractivity contribution in [3.05, 3.63) is 94.5 Å². The molecule has 0 aromatic heterocycles. The summed E-state index contributed by atoms with van der Waals surface area (Å²) < 4.78 is 10.7. The van der Waals surface area contributed by atoms with Gasteiger partial charge in [0.1, 0.15) is 13.2 Å². The van der Waals surface area contributed by atoms with Gasteiger partial charge in [-0.1, -0.05) is 99.5 Å². The molecule has 6 nitrogen and oxygen atoms in total. The number of unbranched alkanes of at least 4 members (excludes halogenated alkanes) is 2. The van der Waals surface area contributed by atoms with E-state index in [0.717, 1.165) is 40.7 Å². The normalized spacial score (nSPS) is 12.4. The highest BCUT2D eigenvalue weighted by atomic mass is 35.5. The van der Waals surface area contributed by atoms with Gasteiger partial charge in [-0.3, -0.25) is 4.79 Å². The predicted molar refractivity (Wildman–Crippen MR) is 172 cm³/mol. The third-order valence-electron chi connectivity index (χ3n) is 7.63. The van der Waals surface area contributed by atoms with Crippen LogP contribution in [0.1, 0.15) is 62.6 Å². The van der Waals surface area contributed by atoms with Crippen molar-refractivity contribution in [2.45, 2.75) is 58.8 Å². The molecule has 0 fully saturated rings. The Balaban J connectivity index is 1.79. The summed E-state index contributed by atoms with van der Waals surface area (Å²) in [5.41, 5.74) is 7.51. The fourth-order valence-electron chi connectivity index (χ4n) is 4.79. The van der Waals surface area contributed by atoms with Gasteiger partial charge in [0.2, 0.25) is 0 Å². The van der Waals surface area contributed by atoms with E-state index in [1.807, 2.05) is 30.3 Å². The van der Waals surface area contributed by atoms with Crippen LogP contribution < -0.4 is 0 Å². The quantitative estimate of drug-likeness (QED) is 0.101. The molecule has 0 saturated carbocycles. The largest absolute Gasteiger partial charge is 0.465 e. The highest BCUT2D eigenvalue weighted by Crippen LogP contribution is 2.34. The molecule has 3 aromatic carbocycles. The first-order valence-corrected chi connectivity index (χ1v) is 15.3. The average Bonchev–Trinajstić information content (AvgIpc) is 3.04. The van der Waals surface area contributed by atoms with E-state index in [-0.39, 0.29) is 25.4 Å². The number of aryl methyl sites for hydroxylation is 2. The van der Waals surface area contributed by atoms with E-state index in [2.05, 4.69) is 50.8 Å². The Bertz CT molecular complexity index is 1380. The zero-order valence-corrected chi connectivity index (χ0v) is 26.2. The molecule has 2 atom stereocenters. The highest BCUT2D eigenvalue weighted by molar-refractivity contribution is 6.33. The van der Waals surface area contributed by atoms with Crippen molar-refractivity contribution in [1.82, 2.24) is 0 Å². The first-order chi connectivity index (χ1) is 20.7. The van der Waals surface area contributed by atoms with Gasteiger partial charge in [0.25, 0.3) is 0 Å². The Labute approximate surface area is 260 Å². The van der Waals surface area contributed by atoms with Crippen molar-refractivity contribution < 1.29 is 29.3 Å². The minimum Gasteiger partial charge on any atom is -0.465 e. The molecule has 0 aliphatic rings. The number of carbonyl (C=O) groups is 2. The molecule has 0 spiro atoms. The van der Waals surface area contributed by atoms with E-state index >= 15 is 0 Å². The van der Waals surface area contributed by atoms with Crippen LogP contribution in [-0.4, -0.2) is 48.6 Å². The molecule has 230 valence electrons. The standard InChI is InChI=1S/C36H43ClO6/c1-5-7-8-9-27-14-15-31(18-26(27)6-2)33-17-16-30(19-34(33)37)28-10-12-29(13-11-28)32(22-42-35(40)24(3)20-38)23-43-36(41)25(4)21-39/h10-19,25,32,38-39H,3,5-9,20-23H2,1-2,4H3. The number of esters is 2. The molecule has 0 radical (unpaired) electrons. The maximum Gasteiger partial charge on any atom is 0.335 e. The fraction of sp³-hybridized carbons (Fsp3) is 0.389. The van der Waals surface area contributed by atoms with Crippen LogP contribution in [0.4, 0.5) is 0 Å². The summed E-state index contributed by atoms with van der Waals surface area (Å²) in [7, 11) is 0. The van der Waals surface area contributed by atoms with Crippen molar-refractivity contribution in [1.29, 1.82) is 0 Å². The molecular formula is C36H43ClO6. The number of halogens is 1. The zero-order valence-electron chi connectivity index (χ0n) is 25.4. The van der Waals surface area contributed by atoms with Crippen LogP contribution >= 0.6 is 11.6 Å². The summed E-state index contributed by atoms with van der Waals surface area (Å²) in [5.74, 6) is -2.37. The number of benzene rings is 3. The van der Waals surface area contributed by atoms with Crippen molar-refractivity contribution in [2.75, 3.05) is 26.4 Å². The molecule has 0 heterocycles. The van der Waals surface area contributed by atoms with Crippen LogP contribution in [0.15, 0.2) is 72.8 Å². The summed E-state index contributed by atoms with van der Waals surface area (Å²) in [6, 6.07) is 20.4. The lowest BCUT2D eigenvalue weighted by Gasteiger charge is -2.19. The number of hydrogen-bond acceptors (Lipinski definition) is 6. The Morgan fingerprint density at radius 2 is 1.53 bits per heavy atom. The molecule has 3 aromatic rings. The Morgan fingerprint density at radius 3 is 2.16 bits per heavy atom. The van der Waals surface area contributed by atoms with Crippen molar-refractivity contribution >= 4 is 23.5 Å². The summed E-state index contributed by atoms with van der Waals surface area (Å²) in [4.78, 5) is 24.2. The minimum absolute atomic E-state index is 0.0426. The predicted octanol–water partition coefficient (Wildman–Crippen LogP) is 7.32. The van der Waals surface area contributed by atoms with Gasteiger partial charge in [-0.2, -0.15) is 0 Å². The Kier molecular flexibility index (Phi) is 13.5. The second-order valence-electron chi connectivity index (χ2n) is 10.9. The van der Waals surface area contributed by atoms with E-state index in [1.165, 1.54) is 30.4 Å². The van der Waals surface area contributed by atoms with Crippen molar-refractivity contribution in [3.63, 3.8) is 0 Å². The number of hydrogen-bond donors (Lipinski definition) is 2. The number of carbonyl (C=O) groups excluding carboxylic acids is 2. The van der Waals surface area contributed by atoms with Crippen LogP contribution in [-0.2, 0) is 31.9 Å². The highest BCUT2D eigenvalue weighted by Gasteiger charge is 2.21. The van der Waals surface area contributed by atoms with Gasteiger partial charge in [-0.25, -0.2) is 4.79 Å². The fourth-order valence-corrected chi connectivity index (χ4v) is 5.08. The lowest BCUT2D eigenvalue weighted by Crippen LogP contribution is -2.24. The molecule has 3 rings (SSSR count). The second kappa shape index (κ2) is 17.0. The van der Waals surface area contributed by atoms with E-state index < -0.39 is 30.4 Å². The summed E-state index contributed by atoms with van der Waals surface area (Å²) in [6.45, 7) is 8.52. The summed E-state index contributed by atoms with van der Waals surface area (Å²) >= 11 is 6.81. The van der Waals surface area contributed by atoms with E-state index in [4.69, 9.17) is 26.2 Å². The Morgan fingerprint density at radius 1 is 0.860 bits per heavy atom. The van der Waals surface area contributed by atoms with Gasteiger partial charge in [0.05, 0.1) is 30.6 Å². The molecule has 2 N–H and O–H groups in total. The minimum atomic E-state index is -0.717. The smallest absolute Gasteiger partial charge is 0.335 e. The molecule has 0 amide bonds. The Hall–Kier alpha value is -3.45.